The fourth-order valence-corrected chi connectivity index (χ4v) is 20.0. The van der Waals surface area contributed by atoms with Crippen LogP contribution in [0.1, 0.15) is 88.4 Å². The number of aromatic nitrogens is 8. The number of benzene rings is 4. The lowest BCUT2D eigenvalue weighted by atomic mass is 10.1. The molecule has 0 spiro atoms. The number of para-hydroxylation sites is 1. The van der Waals surface area contributed by atoms with E-state index < -0.39 is 41.4 Å². The number of hydrogen-bond acceptors (Lipinski definition) is 27. The van der Waals surface area contributed by atoms with Crippen LogP contribution in [0.2, 0.25) is 0 Å². The maximum atomic E-state index is 13.5. The van der Waals surface area contributed by atoms with Gasteiger partial charge >= 0.3 is 6.18 Å². The van der Waals surface area contributed by atoms with E-state index >= 15 is 0 Å². The van der Waals surface area contributed by atoms with Gasteiger partial charge in [-0.05, 0) is 169 Å². The van der Waals surface area contributed by atoms with Crippen molar-refractivity contribution in [3.63, 3.8) is 0 Å². The van der Waals surface area contributed by atoms with Gasteiger partial charge in [0.2, 0.25) is 29.5 Å². The Balaban J connectivity index is 0.000000130. The third-order valence-corrected chi connectivity index (χ3v) is 27.5. The van der Waals surface area contributed by atoms with Crippen molar-refractivity contribution in [1.29, 1.82) is 0 Å². The first-order valence-electron chi connectivity index (χ1n) is 36.1. The number of thiazole rings is 4. The van der Waals surface area contributed by atoms with Gasteiger partial charge in [-0.1, -0.05) is 118 Å². The van der Waals surface area contributed by atoms with E-state index in [1.165, 1.54) is 84.3 Å². The third kappa shape index (κ3) is 19.4. The molecule has 0 atom stereocenters. The average molecular weight is 1640 g/mol. The summed E-state index contributed by atoms with van der Waals surface area (Å²) in [6.07, 6.45) is 11.9. The molecule has 33 heteroatoms. The number of alkyl halides is 3. The molecule has 0 aliphatic carbocycles. The number of anilines is 8. The molecule has 4 aliphatic heterocycles. The summed E-state index contributed by atoms with van der Waals surface area (Å²) >= 11 is 4.71. The van der Waals surface area contributed by atoms with Gasteiger partial charge in [0.15, 0.2) is 26.2 Å². The van der Waals surface area contributed by atoms with Crippen LogP contribution in [-0.4, -0.2) is 117 Å². The van der Waals surface area contributed by atoms with Crippen LogP contribution >= 0.6 is 45.3 Å². The molecule has 16 rings (SSSR count). The number of nitrogens with zero attached hydrogens (tertiary/aromatic N) is 12. The molecule has 0 unspecified atom stereocenters. The fraction of sp³-hybridized carbons (Fsp3) is 0.282. The second-order valence-corrected chi connectivity index (χ2v) is 36.6. The highest BCUT2D eigenvalue weighted by molar-refractivity contribution is 7.92. The van der Waals surface area contributed by atoms with Gasteiger partial charge in [0, 0.05) is 76.9 Å². The lowest BCUT2D eigenvalue weighted by Gasteiger charge is -2.28. The summed E-state index contributed by atoms with van der Waals surface area (Å²) in [6.45, 7) is 8.76. The van der Waals surface area contributed by atoms with Gasteiger partial charge in [0.05, 0.1) is 77.4 Å². The highest BCUT2D eigenvalue weighted by Crippen LogP contribution is 2.44. The number of nitrogen functional groups attached to an aromatic ring is 4. The van der Waals surface area contributed by atoms with Crippen LogP contribution in [0.4, 0.5) is 57.0 Å². The molecule has 12 aromatic rings. The number of nitrogens with two attached hydrogens (primary N) is 4. The third-order valence-electron chi connectivity index (χ3n) is 18.7. The van der Waals surface area contributed by atoms with E-state index in [4.69, 9.17) is 42.6 Å². The van der Waals surface area contributed by atoms with Crippen molar-refractivity contribution in [2.24, 2.45) is 0 Å². The molecule has 111 heavy (non-hydrogen) atoms. The summed E-state index contributed by atoms with van der Waals surface area (Å²) < 4.78 is 126. The van der Waals surface area contributed by atoms with Crippen LogP contribution in [-0.2, 0) is 35.7 Å². The zero-order valence-electron chi connectivity index (χ0n) is 60.5. The lowest BCUT2D eigenvalue weighted by molar-refractivity contribution is -0.140. The summed E-state index contributed by atoms with van der Waals surface area (Å²) in [5.74, 6) is 4.26. The molecule has 23 nitrogen and oxygen atoms in total. The molecule has 0 amide bonds. The second-order valence-electron chi connectivity index (χ2n) is 26.6. The molecule has 8 N–H and O–H groups in total. The topological polar surface area (TPSA) is 332 Å². The Morgan fingerprint density at radius 3 is 1.03 bits per heavy atom. The standard InChI is InChI=1S/C20H19F3N4O2S2.C20H22N4O2S2.C19H20N4O2S2.C19H20N4OS/c21-20(22,23)18-17(30-19(24)26-18)15-11-14(31(28,29)13-7-3-1-4-8-13)12-16(25-15)27-9-5-2-6-10-27;1-14-19(27-20(21)22-14)17-12-16(28(25,26)15-8-4-2-5-9-15)13-18(23-17)24-10-6-3-7-11-24;20-19-21-13-17(26-19)16-11-15(27(24,25)14-7-3-1-4-8-14)12-18(22-16)23-9-5-2-6-10-23;20-19-21-13-17(25-19)16-11-15(24-14-7-3-1-4-8-14)12-18(22-16)23-9-5-2-6-10-23/h1,3-4,7-8,11-12H,2,5-6,9-10H2,(H2,24,26);2,4-5,8-9,12-13H,3,6-7,10-11H2,1H3,(H2,21,22);1,3-4,7-8,11-13H,2,5-6,9-10H2,(H2,20,21);1,3-4,7-8,11-13H,2,5-6,9-10H2,(H2,20,21). The molecule has 4 aromatic carbocycles. The highest BCUT2D eigenvalue weighted by atomic mass is 32.2. The molecule has 4 saturated heterocycles. The van der Waals surface area contributed by atoms with Crippen molar-refractivity contribution in [3.8, 4) is 53.8 Å². The largest absolute Gasteiger partial charge is 0.457 e. The number of halogens is 3. The first kappa shape index (κ1) is 78.9. The summed E-state index contributed by atoms with van der Waals surface area (Å²) in [5.41, 5.74) is 24.5. The minimum absolute atomic E-state index is 0.0524. The number of rotatable bonds is 16. The fourth-order valence-electron chi connectivity index (χ4n) is 13.1. The van der Waals surface area contributed by atoms with Gasteiger partial charge in [-0.3, -0.25) is 0 Å². The van der Waals surface area contributed by atoms with Gasteiger partial charge in [-0.25, -0.2) is 65.1 Å². The number of ether oxygens (including phenoxy) is 1. The number of hydrogen-bond donors (Lipinski definition) is 4. The summed E-state index contributed by atoms with van der Waals surface area (Å²) in [7, 11) is -11.3. The van der Waals surface area contributed by atoms with Crippen molar-refractivity contribution in [3.05, 3.63) is 194 Å². The van der Waals surface area contributed by atoms with Crippen LogP contribution in [0, 0.1) is 6.92 Å². The summed E-state index contributed by atoms with van der Waals surface area (Å²) in [5, 5.41) is 1.17. The van der Waals surface area contributed by atoms with Crippen molar-refractivity contribution in [1.82, 2.24) is 39.9 Å². The molecular weight excluding hydrogens is 1550 g/mol. The first-order chi connectivity index (χ1) is 53.4. The molecule has 0 bridgehead atoms. The van der Waals surface area contributed by atoms with Crippen LogP contribution in [0.25, 0.3) is 42.3 Å². The lowest BCUT2D eigenvalue weighted by Crippen LogP contribution is -2.30. The molecule has 4 aliphatic rings. The predicted molar refractivity (Wildman–Crippen MR) is 435 cm³/mol. The Kier molecular flexibility index (Phi) is 24.9. The first-order valence-corrected chi connectivity index (χ1v) is 43.9. The van der Waals surface area contributed by atoms with Crippen molar-refractivity contribution >= 4 is 119 Å². The van der Waals surface area contributed by atoms with E-state index in [0.29, 0.717) is 68.7 Å². The minimum Gasteiger partial charge on any atom is -0.457 e. The van der Waals surface area contributed by atoms with E-state index in [9.17, 15) is 38.4 Å². The van der Waals surface area contributed by atoms with Gasteiger partial charge in [-0.15, -0.1) is 0 Å². The van der Waals surface area contributed by atoms with Gasteiger partial charge in [-0.2, -0.15) is 13.2 Å². The smallest absolute Gasteiger partial charge is 0.434 e. The predicted octanol–water partition coefficient (Wildman–Crippen LogP) is 16.7. The van der Waals surface area contributed by atoms with E-state index in [1.807, 2.05) is 54.3 Å². The Hall–Kier alpha value is -10.2. The monoisotopic (exact) mass is 1630 g/mol. The van der Waals surface area contributed by atoms with Crippen LogP contribution in [0.3, 0.4) is 0 Å². The van der Waals surface area contributed by atoms with Gasteiger partial charge in [0.25, 0.3) is 0 Å². The number of piperidine rings is 4. The van der Waals surface area contributed by atoms with Crippen molar-refractivity contribution < 1.29 is 43.2 Å². The molecular formula is C78H81F3N16O7S7. The Morgan fingerprint density at radius 1 is 0.351 bits per heavy atom. The maximum absolute atomic E-state index is 13.5. The Morgan fingerprint density at radius 2 is 0.676 bits per heavy atom. The van der Waals surface area contributed by atoms with Crippen molar-refractivity contribution in [2.75, 3.05) is 94.9 Å². The average Bonchev–Trinajstić information content (AvgIpc) is 1.74. The quantitative estimate of drug-likeness (QED) is 0.0698. The number of aryl methyl sites for hydroxylation is 1. The van der Waals surface area contributed by atoms with Crippen LogP contribution in [0.5, 0.6) is 11.5 Å². The zero-order chi connectivity index (χ0) is 77.9. The zero-order valence-corrected chi connectivity index (χ0v) is 66.2. The van der Waals surface area contributed by atoms with Crippen molar-refractivity contribution in [2.45, 2.75) is 120 Å². The summed E-state index contributed by atoms with van der Waals surface area (Å²) in [6, 6.07) is 47.7. The Bertz CT molecular complexity index is 5530. The molecule has 0 radical (unpaired) electrons. The molecule has 8 aromatic heterocycles. The van der Waals surface area contributed by atoms with E-state index in [-0.39, 0.29) is 45.1 Å². The second kappa shape index (κ2) is 35.0. The minimum atomic E-state index is -4.75. The number of sulfone groups is 3. The molecule has 12 heterocycles. The SMILES string of the molecule is Cc1nc(N)sc1-c1cc(S(=O)(=O)c2ccccc2)cc(N2CCCCC2)n1.Nc1nc(C(F)(F)F)c(-c2cc(S(=O)(=O)c3ccccc3)cc(N3CCCCC3)n2)s1.Nc1ncc(-c2cc(Oc3ccccc3)cc(N3CCCCC3)n2)s1.Nc1ncc(-c2cc(S(=O)(=O)c3ccccc3)cc(N3CCCCC3)n2)s1. The van der Waals surface area contributed by atoms with Gasteiger partial charge < -0.3 is 47.3 Å². The van der Waals surface area contributed by atoms with Crippen LogP contribution in [0.15, 0.2) is 212 Å². The maximum Gasteiger partial charge on any atom is 0.434 e. The highest BCUT2D eigenvalue weighted by Gasteiger charge is 2.39. The normalized spacial score (nSPS) is 15.0. The van der Waals surface area contributed by atoms with E-state index in [0.717, 1.165) is 134 Å². The molecule has 578 valence electrons. The Labute approximate surface area is 658 Å². The van der Waals surface area contributed by atoms with E-state index in [2.05, 4.69) is 39.6 Å². The van der Waals surface area contributed by atoms with E-state index in [1.54, 1.807) is 116 Å². The van der Waals surface area contributed by atoms with Gasteiger partial charge in [0.1, 0.15) is 34.8 Å². The van der Waals surface area contributed by atoms with Crippen LogP contribution < -0.4 is 47.3 Å². The summed E-state index contributed by atoms with van der Waals surface area (Å²) in [4.78, 5) is 46.4. The molecule has 4 fully saturated rings. The molecule has 0 saturated carbocycles. The number of pyridine rings is 4.